The molecular weight excluding hydrogens is 289 g/mol. The number of rotatable bonds is 0. The van der Waals surface area contributed by atoms with Gasteiger partial charge >= 0.3 is 12.3 Å². The van der Waals surface area contributed by atoms with Crippen molar-refractivity contribution in [2.75, 3.05) is 19.6 Å². The number of nitrogens with zero attached hydrogens (tertiary/aromatic N) is 2. The number of amides is 2. The first kappa shape index (κ1) is 17.6. The molecule has 5 nitrogen and oxygen atoms in total. The summed E-state index contributed by atoms with van der Waals surface area (Å²) in [6.07, 6.45) is -5.51. The zero-order valence-electron chi connectivity index (χ0n) is 12.7. The third-order valence-electron chi connectivity index (χ3n) is 3.09. The lowest BCUT2D eigenvalue weighted by Gasteiger charge is -2.29. The fourth-order valence-electron chi connectivity index (χ4n) is 2.16. The van der Waals surface area contributed by atoms with Crippen molar-refractivity contribution in [3.05, 3.63) is 0 Å². The smallest absolute Gasteiger partial charge is 0.410 e. The van der Waals surface area contributed by atoms with Crippen LogP contribution in [0.15, 0.2) is 0 Å². The van der Waals surface area contributed by atoms with Crippen LogP contribution in [0, 0.1) is 0 Å². The van der Waals surface area contributed by atoms with Gasteiger partial charge in [0.25, 0.3) is 0 Å². The lowest BCUT2D eigenvalue weighted by Crippen LogP contribution is -2.48. The van der Waals surface area contributed by atoms with Gasteiger partial charge in [-0.2, -0.15) is 13.2 Å². The van der Waals surface area contributed by atoms with E-state index in [2.05, 4.69) is 0 Å². The quantitative estimate of drug-likeness (QED) is 0.690. The first-order chi connectivity index (χ1) is 9.42. The van der Waals surface area contributed by atoms with Crippen LogP contribution in [0.2, 0.25) is 0 Å². The molecule has 0 aromatic rings. The first-order valence-electron chi connectivity index (χ1n) is 6.73. The van der Waals surface area contributed by atoms with Gasteiger partial charge in [-0.3, -0.25) is 4.79 Å². The van der Waals surface area contributed by atoms with Crippen molar-refractivity contribution in [3.63, 3.8) is 0 Å². The normalized spacial score (nSPS) is 21.0. The van der Waals surface area contributed by atoms with Crippen LogP contribution in [0.4, 0.5) is 18.0 Å². The van der Waals surface area contributed by atoms with Crippen LogP contribution in [-0.2, 0) is 9.53 Å². The van der Waals surface area contributed by atoms with Crippen molar-refractivity contribution < 1.29 is 27.5 Å². The maximum atomic E-state index is 13.0. The van der Waals surface area contributed by atoms with Gasteiger partial charge in [0.15, 0.2) is 0 Å². The molecule has 1 aliphatic heterocycles. The van der Waals surface area contributed by atoms with Gasteiger partial charge < -0.3 is 14.5 Å². The van der Waals surface area contributed by atoms with E-state index in [9.17, 15) is 22.8 Å². The summed E-state index contributed by atoms with van der Waals surface area (Å²) < 4.78 is 44.2. The SMILES string of the molecule is CC(=O)N1CCN(C(=O)OC(C)(C)C)CCC1C(F)(F)F. The van der Waals surface area contributed by atoms with Gasteiger partial charge in [0.1, 0.15) is 11.6 Å². The van der Waals surface area contributed by atoms with Crippen LogP contribution in [0.3, 0.4) is 0 Å². The highest BCUT2D eigenvalue weighted by molar-refractivity contribution is 5.74. The fourth-order valence-corrected chi connectivity index (χ4v) is 2.16. The summed E-state index contributed by atoms with van der Waals surface area (Å²) in [5.41, 5.74) is -0.715. The minimum Gasteiger partial charge on any atom is -0.444 e. The lowest BCUT2D eigenvalue weighted by molar-refractivity contribution is -0.188. The first-order valence-corrected chi connectivity index (χ1v) is 6.73. The van der Waals surface area contributed by atoms with E-state index in [-0.39, 0.29) is 26.1 Å². The molecule has 0 saturated carbocycles. The maximum Gasteiger partial charge on any atom is 0.410 e. The molecule has 1 atom stereocenters. The summed E-state index contributed by atoms with van der Waals surface area (Å²) in [6.45, 7) is 5.93. The molecule has 0 aromatic heterocycles. The summed E-state index contributed by atoms with van der Waals surface area (Å²) in [7, 11) is 0. The van der Waals surface area contributed by atoms with Gasteiger partial charge in [-0.05, 0) is 27.2 Å². The average Bonchev–Trinajstić information content (AvgIpc) is 2.47. The molecule has 2 amide bonds. The van der Waals surface area contributed by atoms with E-state index in [0.717, 1.165) is 11.8 Å². The Hall–Kier alpha value is -1.47. The zero-order chi connectivity index (χ0) is 16.4. The van der Waals surface area contributed by atoms with Crippen LogP contribution in [-0.4, -0.2) is 59.3 Å². The Morgan fingerprint density at radius 1 is 1.10 bits per heavy atom. The van der Waals surface area contributed by atoms with E-state index in [0.29, 0.717) is 0 Å². The molecule has 0 aromatic carbocycles. The molecule has 1 heterocycles. The highest BCUT2D eigenvalue weighted by atomic mass is 19.4. The Balaban J connectivity index is 2.82. The molecule has 8 heteroatoms. The fraction of sp³-hybridized carbons (Fsp3) is 0.846. The van der Waals surface area contributed by atoms with Gasteiger partial charge in [-0.1, -0.05) is 0 Å². The standard InChI is InChI=1S/C13H21F3N2O3/c1-9(19)18-8-7-17(11(20)21-12(2,3)4)6-5-10(18)13(14,15)16/h10H,5-8H2,1-4H3. The molecular formula is C13H21F3N2O3. The second kappa shape index (κ2) is 6.11. The number of carbonyl (C=O) groups excluding carboxylic acids is 2. The largest absolute Gasteiger partial charge is 0.444 e. The number of hydrogen-bond acceptors (Lipinski definition) is 3. The molecule has 1 aliphatic rings. The zero-order valence-corrected chi connectivity index (χ0v) is 12.7. The van der Waals surface area contributed by atoms with Gasteiger partial charge in [-0.15, -0.1) is 0 Å². The third-order valence-corrected chi connectivity index (χ3v) is 3.09. The number of hydrogen-bond donors (Lipinski definition) is 0. The second-order valence-corrected chi connectivity index (χ2v) is 6.03. The minimum absolute atomic E-state index is 0.0288. The molecule has 0 radical (unpaired) electrons. The third kappa shape index (κ3) is 5.09. The van der Waals surface area contributed by atoms with E-state index in [1.165, 1.54) is 4.90 Å². The van der Waals surface area contributed by atoms with Gasteiger partial charge in [0.2, 0.25) is 5.91 Å². The molecule has 1 fully saturated rings. The van der Waals surface area contributed by atoms with E-state index in [4.69, 9.17) is 4.74 Å². The molecule has 0 bridgehead atoms. The van der Waals surface area contributed by atoms with Crippen molar-refractivity contribution in [3.8, 4) is 0 Å². The van der Waals surface area contributed by atoms with E-state index in [1.807, 2.05) is 0 Å². The summed E-state index contributed by atoms with van der Waals surface area (Å²) in [6, 6.07) is -1.86. The van der Waals surface area contributed by atoms with Crippen LogP contribution in [0.1, 0.15) is 34.1 Å². The van der Waals surface area contributed by atoms with Gasteiger partial charge in [0, 0.05) is 26.6 Å². The number of carbonyl (C=O) groups is 2. The number of alkyl halides is 3. The van der Waals surface area contributed by atoms with Crippen LogP contribution in [0.25, 0.3) is 0 Å². The van der Waals surface area contributed by atoms with E-state index in [1.54, 1.807) is 20.8 Å². The maximum absolute atomic E-state index is 13.0. The molecule has 0 aliphatic carbocycles. The Bertz CT molecular complexity index is 404. The molecule has 0 N–H and O–H groups in total. The Morgan fingerprint density at radius 3 is 2.10 bits per heavy atom. The topological polar surface area (TPSA) is 49.9 Å². The Morgan fingerprint density at radius 2 is 1.67 bits per heavy atom. The summed E-state index contributed by atoms with van der Waals surface area (Å²) in [5, 5.41) is 0. The van der Waals surface area contributed by atoms with Crippen molar-refractivity contribution in [2.24, 2.45) is 0 Å². The van der Waals surface area contributed by atoms with Gasteiger partial charge in [-0.25, -0.2) is 4.79 Å². The minimum atomic E-state index is -4.50. The van der Waals surface area contributed by atoms with Crippen LogP contribution in [0.5, 0.6) is 0 Å². The summed E-state index contributed by atoms with van der Waals surface area (Å²) in [5.74, 6) is -0.650. The summed E-state index contributed by atoms with van der Waals surface area (Å²) >= 11 is 0. The predicted octanol–water partition coefficient (Wildman–Crippen LogP) is 2.41. The van der Waals surface area contributed by atoms with E-state index >= 15 is 0 Å². The molecule has 21 heavy (non-hydrogen) atoms. The monoisotopic (exact) mass is 310 g/mol. The summed E-state index contributed by atoms with van der Waals surface area (Å²) in [4.78, 5) is 25.3. The van der Waals surface area contributed by atoms with Crippen molar-refractivity contribution in [1.82, 2.24) is 9.80 Å². The van der Waals surface area contributed by atoms with Crippen LogP contribution < -0.4 is 0 Å². The van der Waals surface area contributed by atoms with Crippen LogP contribution >= 0.6 is 0 Å². The highest BCUT2D eigenvalue weighted by Gasteiger charge is 2.46. The molecule has 1 rings (SSSR count). The Kier molecular flexibility index (Phi) is 5.11. The molecule has 1 saturated heterocycles. The number of ether oxygens (including phenoxy) is 1. The molecule has 0 spiro atoms. The predicted molar refractivity (Wildman–Crippen MR) is 69.7 cm³/mol. The average molecular weight is 310 g/mol. The van der Waals surface area contributed by atoms with Gasteiger partial charge in [0.05, 0.1) is 0 Å². The molecule has 122 valence electrons. The second-order valence-electron chi connectivity index (χ2n) is 6.03. The van der Waals surface area contributed by atoms with E-state index < -0.39 is 29.8 Å². The van der Waals surface area contributed by atoms with Crippen molar-refractivity contribution in [2.45, 2.75) is 51.9 Å². The molecule has 1 unspecified atom stereocenters. The van der Waals surface area contributed by atoms with Crippen molar-refractivity contribution >= 4 is 12.0 Å². The Labute approximate surface area is 122 Å². The number of halogens is 3. The van der Waals surface area contributed by atoms with Crippen molar-refractivity contribution in [1.29, 1.82) is 0 Å². The lowest BCUT2D eigenvalue weighted by atomic mass is 10.1. The highest BCUT2D eigenvalue weighted by Crippen LogP contribution is 2.29.